The molecule has 0 aromatic heterocycles. The second kappa shape index (κ2) is 5.44. The maximum atomic E-state index is 10.7. The van der Waals surface area contributed by atoms with Crippen molar-refractivity contribution in [2.75, 3.05) is 7.05 Å². The highest BCUT2D eigenvalue weighted by Crippen LogP contribution is 1.94. The van der Waals surface area contributed by atoms with Crippen LogP contribution in [-0.2, 0) is 15.9 Å². The van der Waals surface area contributed by atoms with E-state index in [1.165, 1.54) is 14.0 Å². The lowest BCUT2D eigenvalue weighted by atomic mass is 10.4. The molecule has 7 heteroatoms. The number of amides is 2. The smallest absolute Gasteiger partial charge is 0.319 e. The molecule has 0 heterocycles. The number of rotatable bonds is 3. The zero-order valence-electron chi connectivity index (χ0n) is 7.16. The average molecular weight is 206 g/mol. The molecule has 0 aromatic rings. The molecular formula is C6H10N2O4S. The molecule has 1 unspecified atom stereocenters. The van der Waals surface area contributed by atoms with Crippen molar-refractivity contribution < 1.29 is 18.4 Å². The Bertz CT molecular complexity index is 274. The van der Waals surface area contributed by atoms with E-state index < -0.39 is 22.9 Å². The fourth-order valence-corrected chi connectivity index (χ4v) is 0.936. The lowest BCUT2D eigenvalue weighted by molar-refractivity contribution is -0.112. The average Bonchev–Trinajstić information content (AvgIpc) is 2.02. The van der Waals surface area contributed by atoms with Gasteiger partial charge in [0, 0.05) is 13.1 Å². The van der Waals surface area contributed by atoms with E-state index in [1.54, 1.807) is 0 Å². The molecule has 0 aliphatic heterocycles. The SMILES string of the molecule is CNC(=O)NC(=CC(C)=O)S(=O)O. The van der Waals surface area contributed by atoms with Crippen molar-refractivity contribution >= 4 is 22.9 Å². The second-order valence-corrected chi connectivity index (χ2v) is 3.01. The summed E-state index contributed by atoms with van der Waals surface area (Å²) >= 11 is -2.38. The Balaban J connectivity index is 4.54. The van der Waals surface area contributed by atoms with Gasteiger partial charge in [-0.05, 0) is 6.92 Å². The van der Waals surface area contributed by atoms with Crippen LogP contribution in [0, 0.1) is 0 Å². The zero-order chi connectivity index (χ0) is 10.4. The lowest BCUT2D eigenvalue weighted by Crippen LogP contribution is -2.33. The van der Waals surface area contributed by atoms with Gasteiger partial charge in [0.2, 0.25) is 11.1 Å². The van der Waals surface area contributed by atoms with Gasteiger partial charge in [-0.1, -0.05) is 0 Å². The predicted molar refractivity (Wildman–Crippen MR) is 47.1 cm³/mol. The van der Waals surface area contributed by atoms with E-state index >= 15 is 0 Å². The lowest BCUT2D eigenvalue weighted by Gasteiger charge is -2.03. The van der Waals surface area contributed by atoms with Gasteiger partial charge in [-0.15, -0.1) is 0 Å². The van der Waals surface area contributed by atoms with E-state index in [0.717, 1.165) is 6.08 Å². The van der Waals surface area contributed by atoms with Gasteiger partial charge in [0.25, 0.3) is 0 Å². The summed E-state index contributed by atoms with van der Waals surface area (Å²) in [5, 5.41) is 3.87. The van der Waals surface area contributed by atoms with E-state index in [4.69, 9.17) is 4.55 Å². The highest BCUT2D eigenvalue weighted by atomic mass is 32.2. The Morgan fingerprint density at radius 1 is 1.46 bits per heavy atom. The summed E-state index contributed by atoms with van der Waals surface area (Å²) in [6.45, 7) is 1.21. The van der Waals surface area contributed by atoms with Gasteiger partial charge in [0.15, 0.2) is 5.78 Å². The standard InChI is InChI=1S/C6H10N2O4S/c1-4(9)3-5(13(11)12)8-6(10)7-2/h3H,1-2H3,(H,11,12)(H2,7,8,10). The number of carbonyl (C=O) groups is 2. The van der Waals surface area contributed by atoms with Crippen LogP contribution in [0.15, 0.2) is 11.1 Å². The number of allylic oxidation sites excluding steroid dienone is 1. The highest BCUT2D eigenvalue weighted by Gasteiger charge is 2.08. The summed E-state index contributed by atoms with van der Waals surface area (Å²) in [5.74, 6) is -0.422. The van der Waals surface area contributed by atoms with Crippen LogP contribution in [0.1, 0.15) is 6.92 Å². The topological polar surface area (TPSA) is 95.5 Å². The van der Waals surface area contributed by atoms with Crippen LogP contribution in [0.2, 0.25) is 0 Å². The van der Waals surface area contributed by atoms with Gasteiger partial charge in [-0.3, -0.25) is 10.1 Å². The summed E-state index contributed by atoms with van der Waals surface area (Å²) in [6.07, 6.45) is 0.880. The van der Waals surface area contributed by atoms with Crippen LogP contribution < -0.4 is 10.6 Å². The molecule has 13 heavy (non-hydrogen) atoms. The van der Waals surface area contributed by atoms with Crippen LogP contribution in [0.3, 0.4) is 0 Å². The summed E-state index contributed by atoms with van der Waals surface area (Å²) in [4.78, 5) is 21.2. The number of ketones is 1. The van der Waals surface area contributed by atoms with E-state index in [1.807, 2.05) is 5.32 Å². The van der Waals surface area contributed by atoms with Crippen LogP contribution in [0.4, 0.5) is 4.79 Å². The molecule has 0 aliphatic carbocycles. The molecule has 0 aromatic carbocycles. The van der Waals surface area contributed by atoms with Gasteiger partial charge in [-0.2, -0.15) is 0 Å². The Morgan fingerprint density at radius 3 is 2.31 bits per heavy atom. The summed E-state index contributed by atoms with van der Waals surface area (Å²) in [7, 11) is 1.35. The minimum absolute atomic E-state index is 0.341. The van der Waals surface area contributed by atoms with Crippen molar-refractivity contribution in [3.05, 3.63) is 11.1 Å². The maximum absolute atomic E-state index is 10.7. The first kappa shape index (κ1) is 11.8. The van der Waals surface area contributed by atoms with Crippen LogP contribution >= 0.6 is 0 Å². The largest absolute Gasteiger partial charge is 0.341 e. The first-order valence-electron chi connectivity index (χ1n) is 3.29. The van der Waals surface area contributed by atoms with Crippen molar-refractivity contribution in [2.45, 2.75) is 6.92 Å². The third kappa shape index (κ3) is 5.10. The molecule has 0 aliphatic rings. The van der Waals surface area contributed by atoms with Crippen LogP contribution in [0.25, 0.3) is 0 Å². The number of hydrogen-bond acceptors (Lipinski definition) is 3. The quantitative estimate of drug-likeness (QED) is 0.431. The zero-order valence-corrected chi connectivity index (χ0v) is 7.97. The molecule has 0 fully saturated rings. The van der Waals surface area contributed by atoms with Gasteiger partial charge in [0.05, 0.1) is 0 Å². The van der Waals surface area contributed by atoms with E-state index in [-0.39, 0.29) is 5.03 Å². The van der Waals surface area contributed by atoms with Gasteiger partial charge in [0.1, 0.15) is 5.03 Å². The minimum atomic E-state index is -2.38. The van der Waals surface area contributed by atoms with Crippen LogP contribution in [-0.4, -0.2) is 27.6 Å². The summed E-state index contributed by atoms with van der Waals surface area (Å²) in [5.41, 5.74) is 0. The van der Waals surface area contributed by atoms with Crippen molar-refractivity contribution in [1.82, 2.24) is 10.6 Å². The summed E-state index contributed by atoms with van der Waals surface area (Å²) < 4.78 is 19.1. The maximum Gasteiger partial charge on any atom is 0.319 e. The highest BCUT2D eigenvalue weighted by molar-refractivity contribution is 7.83. The molecule has 2 amide bonds. The first-order valence-corrected chi connectivity index (χ1v) is 4.40. The number of carbonyl (C=O) groups excluding carboxylic acids is 2. The van der Waals surface area contributed by atoms with Crippen molar-refractivity contribution in [1.29, 1.82) is 0 Å². The molecule has 0 saturated carbocycles. The minimum Gasteiger partial charge on any atom is -0.341 e. The molecule has 6 nitrogen and oxygen atoms in total. The Hall–Kier alpha value is -1.21. The van der Waals surface area contributed by atoms with Crippen LogP contribution in [0.5, 0.6) is 0 Å². The summed E-state index contributed by atoms with van der Waals surface area (Å²) in [6, 6.07) is -0.658. The molecule has 3 N–H and O–H groups in total. The fourth-order valence-electron chi connectivity index (χ4n) is 0.489. The Labute approximate surface area is 77.7 Å². The number of hydrogen-bond donors (Lipinski definition) is 3. The first-order chi connectivity index (χ1) is 5.97. The monoisotopic (exact) mass is 206 g/mol. The molecule has 0 saturated heterocycles. The molecule has 0 bridgehead atoms. The molecule has 74 valence electrons. The molecule has 1 atom stereocenters. The number of urea groups is 1. The van der Waals surface area contributed by atoms with Gasteiger partial charge >= 0.3 is 6.03 Å². The van der Waals surface area contributed by atoms with E-state index in [0.29, 0.717) is 0 Å². The van der Waals surface area contributed by atoms with Gasteiger partial charge in [-0.25, -0.2) is 9.00 Å². The molecule has 0 rings (SSSR count). The van der Waals surface area contributed by atoms with E-state index in [2.05, 4.69) is 5.32 Å². The van der Waals surface area contributed by atoms with Crippen molar-refractivity contribution in [2.24, 2.45) is 0 Å². The number of nitrogens with one attached hydrogen (secondary N) is 2. The predicted octanol–water partition coefficient (Wildman–Crippen LogP) is -0.432. The van der Waals surface area contributed by atoms with Crippen molar-refractivity contribution in [3.63, 3.8) is 0 Å². The third-order valence-corrected chi connectivity index (χ3v) is 1.58. The van der Waals surface area contributed by atoms with E-state index in [9.17, 15) is 13.8 Å². The fraction of sp³-hybridized carbons (Fsp3) is 0.333. The Morgan fingerprint density at radius 2 is 2.00 bits per heavy atom. The Kier molecular flexibility index (Phi) is 4.93. The molecule has 0 radical (unpaired) electrons. The molecular weight excluding hydrogens is 196 g/mol. The van der Waals surface area contributed by atoms with Gasteiger partial charge < -0.3 is 9.87 Å². The van der Waals surface area contributed by atoms with Crippen molar-refractivity contribution in [3.8, 4) is 0 Å². The second-order valence-electron chi connectivity index (χ2n) is 2.07. The molecule has 0 spiro atoms. The third-order valence-electron chi connectivity index (χ3n) is 0.986. The normalized spacial score (nSPS) is 13.3.